The van der Waals surface area contributed by atoms with Gasteiger partial charge in [-0.3, -0.25) is 9.52 Å². The Kier molecular flexibility index (Phi) is 7.65. The van der Waals surface area contributed by atoms with Crippen molar-refractivity contribution in [3.8, 4) is 0 Å². The molecular formula is C19H26ClNO4S. The Balaban J connectivity index is 1.91. The van der Waals surface area contributed by atoms with Crippen molar-refractivity contribution < 1.29 is 19.1 Å². The van der Waals surface area contributed by atoms with Crippen molar-refractivity contribution in [3.05, 3.63) is 34.9 Å². The first-order chi connectivity index (χ1) is 12.3. The molecule has 1 amide bonds. The van der Waals surface area contributed by atoms with Crippen LogP contribution in [-0.2, 0) is 20.7 Å². The van der Waals surface area contributed by atoms with Gasteiger partial charge in [0.2, 0.25) is 0 Å². The lowest BCUT2D eigenvalue weighted by Crippen LogP contribution is -2.46. The molecule has 1 aromatic carbocycles. The quantitative estimate of drug-likeness (QED) is 0.504. The van der Waals surface area contributed by atoms with Crippen LogP contribution < -0.4 is 4.72 Å². The summed E-state index contributed by atoms with van der Waals surface area (Å²) in [6.45, 7) is 4.03. The van der Waals surface area contributed by atoms with Gasteiger partial charge in [-0.1, -0.05) is 37.6 Å². The van der Waals surface area contributed by atoms with E-state index in [0.717, 1.165) is 36.8 Å². The van der Waals surface area contributed by atoms with Crippen LogP contribution in [0.5, 0.6) is 0 Å². The van der Waals surface area contributed by atoms with Gasteiger partial charge in [-0.2, -0.15) is 0 Å². The molecule has 1 atom stereocenters. The Morgan fingerprint density at radius 3 is 2.62 bits per heavy atom. The number of benzene rings is 1. The molecule has 1 saturated carbocycles. The molecule has 0 bridgehead atoms. The van der Waals surface area contributed by atoms with E-state index in [1.54, 1.807) is 0 Å². The molecule has 0 spiro atoms. The molecule has 0 heterocycles. The van der Waals surface area contributed by atoms with Crippen molar-refractivity contribution >= 4 is 35.6 Å². The molecule has 26 heavy (non-hydrogen) atoms. The molecule has 0 radical (unpaired) electrons. The van der Waals surface area contributed by atoms with Crippen LogP contribution in [-0.4, -0.2) is 30.0 Å². The van der Waals surface area contributed by atoms with Crippen molar-refractivity contribution in [2.45, 2.75) is 56.8 Å². The van der Waals surface area contributed by atoms with E-state index in [4.69, 9.17) is 21.1 Å². The molecule has 2 rings (SSSR count). The van der Waals surface area contributed by atoms with Crippen LogP contribution in [0.3, 0.4) is 0 Å². The van der Waals surface area contributed by atoms with Gasteiger partial charge in [0.1, 0.15) is 10.9 Å². The third-order valence-electron chi connectivity index (χ3n) is 4.42. The van der Waals surface area contributed by atoms with E-state index in [1.807, 2.05) is 38.1 Å². The summed E-state index contributed by atoms with van der Waals surface area (Å²) >= 11 is 7.10. The number of carbonyl (C=O) groups is 2. The molecule has 0 aliphatic heterocycles. The summed E-state index contributed by atoms with van der Waals surface area (Å²) in [6, 6.07) is 7.60. The van der Waals surface area contributed by atoms with E-state index >= 15 is 0 Å². The zero-order valence-electron chi connectivity index (χ0n) is 15.4. The first-order valence-corrected chi connectivity index (χ1v) is 10.1. The van der Waals surface area contributed by atoms with Gasteiger partial charge in [-0.25, -0.2) is 4.79 Å². The Bertz CT molecular complexity index is 634. The molecule has 1 aliphatic carbocycles. The summed E-state index contributed by atoms with van der Waals surface area (Å²) in [4.78, 5) is 24.1. The molecule has 1 aromatic rings. The molecule has 0 aromatic heterocycles. The van der Waals surface area contributed by atoms with E-state index in [-0.39, 0.29) is 5.97 Å². The van der Waals surface area contributed by atoms with Crippen molar-refractivity contribution in [1.82, 2.24) is 4.72 Å². The monoisotopic (exact) mass is 399 g/mol. The van der Waals surface area contributed by atoms with Crippen LogP contribution in [0.4, 0.5) is 4.79 Å². The molecule has 5 nitrogen and oxygen atoms in total. The minimum Gasteiger partial charge on any atom is -0.468 e. The second kappa shape index (κ2) is 9.51. The molecule has 0 saturated heterocycles. The normalized spacial score (nSPS) is 16.5. The maximum Gasteiger partial charge on any atom is 0.417 e. The number of hydrogen-bond donors (Lipinski definition) is 1. The Morgan fingerprint density at radius 1 is 1.35 bits per heavy atom. The number of hydrogen-bond acceptors (Lipinski definition) is 5. The van der Waals surface area contributed by atoms with E-state index < -0.39 is 16.9 Å². The summed E-state index contributed by atoms with van der Waals surface area (Å²) in [6.07, 6.45) is 3.41. The molecule has 1 fully saturated rings. The lowest BCUT2D eigenvalue weighted by Gasteiger charge is -2.41. The predicted molar refractivity (Wildman–Crippen MR) is 104 cm³/mol. The van der Waals surface area contributed by atoms with Gasteiger partial charge in [0.15, 0.2) is 0 Å². The first kappa shape index (κ1) is 20.9. The highest BCUT2D eigenvalue weighted by Crippen LogP contribution is 2.39. The molecule has 1 N–H and O–H groups in total. The standard InChI is InChI=1S/C19H26ClNO4S/c1-13(2)10-16(17(22)24-3)26-21-18(23)25-19(8-5-9-19)12-14-6-4-7-15(20)11-14/h4,6-7,11,13,16H,5,8-10,12H2,1-3H3,(H,21,23)/t16-/m0/s1. The highest BCUT2D eigenvalue weighted by Gasteiger charge is 2.41. The lowest BCUT2D eigenvalue weighted by atomic mass is 9.76. The Morgan fingerprint density at radius 2 is 2.08 bits per heavy atom. The highest BCUT2D eigenvalue weighted by atomic mass is 35.5. The number of halogens is 1. The number of rotatable bonds is 8. The van der Waals surface area contributed by atoms with E-state index in [9.17, 15) is 9.59 Å². The van der Waals surface area contributed by atoms with E-state index in [2.05, 4.69) is 4.72 Å². The predicted octanol–water partition coefficient (Wildman–Crippen LogP) is 4.77. The zero-order valence-corrected chi connectivity index (χ0v) is 17.0. The van der Waals surface area contributed by atoms with Gasteiger partial charge >= 0.3 is 12.1 Å². The minimum absolute atomic E-state index is 0.310. The van der Waals surface area contributed by atoms with Gasteiger partial charge in [0, 0.05) is 11.4 Å². The summed E-state index contributed by atoms with van der Waals surface area (Å²) in [5.41, 5.74) is 0.554. The molecule has 0 unspecified atom stereocenters. The van der Waals surface area contributed by atoms with Crippen molar-refractivity contribution in [3.63, 3.8) is 0 Å². The van der Waals surface area contributed by atoms with Crippen molar-refractivity contribution in [2.24, 2.45) is 5.92 Å². The fraction of sp³-hybridized carbons (Fsp3) is 0.579. The highest BCUT2D eigenvalue weighted by molar-refractivity contribution is 7.99. The van der Waals surface area contributed by atoms with Crippen LogP contribution in [0.15, 0.2) is 24.3 Å². The van der Waals surface area contributed by atoms with Gasteiger partial charge in [-0.15, -0.1) is 0 Å². The molecular weight excluding hydrogens is 374 g/mol. The molecule has 1 aliphatic rings. The van der Waals surface area contributed by atoms with E-state index in [0.29, 0.717) is 23.8 Å². The van der Waals surface area contributed by atoms with Crippen LogP contribution in [0.25, 0.3) is 0 Å². The summed E-state index contributed by atoms with van der Waals surface area (Å²) in [5.74, 6) is -0.0356. The Hall–Kier alpha value is -1.40. The van der Waals surface area contributed by atoms with Gasteiger partial charge in [0.05, 0.1) is 7.11 Å². The average molecular weight is 400 g/mol. The number of nitrogens with one attached hydrogen (secondary N) is 1. The second-order valence-electron chi connectivity index (χ2n) is 7.09. The van der Waals surface area contributed by atoms with Crippen LogP contribution in [0.1, 0.15) is 45.1 Å². The number of methoxy groups -OCH3 is 1. The van der Waals surface area contributed by atoms with Gasteiger partial charge in [0.25, 0.3) is 0 Å². The average Bonchev–Trinajstić information content (AvgIpc) is 2.55. The van der Waals surface area contributed by atoms with Crippen LogP contribution in [0.2, 0.25) is 5.02 Å². The third kappa shape index (κ3) is 6.09. The van der Waals surface area contributed by atoms with Crippen LogP contribution >= 0.6 is 23.5 Å². The third-order valence-corrected chi connectivity index (χ3v) is 5.61. The van der Waals surface area contributed by atoms with Gasteiger partial charge in [-0.05, 0) is 61.2 Å². The SMILES string of the molecule is COC(=O)[C@H](CC(C)C)SNC(=O)OC1(Cc2cccc(Cl)c2)CCC1. The van der Waals surface area contributed by atoms with Crippen molar-refractivity contribution in [2.75, 3.05) is 7.11 Å². The van der Waals surface area contributed by atoms with Crippen molar-refractivity contribution in [1.29, 1.82) is 0 Å². The topological polar surface area (TPSA) is 64.6 Å². The fourth-order valence-corrected chi connectivity index (χ4v) is 4.16. The largest absolute Gasteiger partial charge is 0.468 e. The minimum atomic E-state index is -0.519. The zero-order chi connectivity index (χ0) is 19.2. The smallest absolute Gasteiger partial charge is 0.417 e. The maximum atomic E-state index is 12.3. The number of ether oxygens (including phenoxy) is 2. The summed E-state index contributed by atoms with van der Waals surface area (Å²) in [7, 11) is 1.35. The maximum absolute atomic E-state index is 12.3. The number of carbonyl (C=O) groups excluding carboxylic acids is 2. The first-order valence-electron chi connectivity index (χ1n) is 8.80. The second-order valence-corrected chi connectivity index (χ2v) is 8.54. The fourth-order valence-electron chi connectivity index (χ4n) is 2.99. The number of amides is 1. The number of esters is 1. The summed E-state index contributed by atoms with van der Waals surface area (Å²) in [5, 5.41) is 0.226. The Labute approximate surface area is 164 Å². The summed E-state index contributed by atoms with van der Waals surface area (Å²) < 4.78 is 13.2. The lowest BCUT2D eigenvalue weighted by molar-refractivity contribution is -0.140. The van der Waals surface area contributed by atoms with E-state index in [1.165, 1.54) is 7.11 Å². The molecule has 7 heteroatoms. The van der Waals surface area contributed by atoms with Crippen LogP contribution in [0, 0.1) is 5.92 Å². The van der Waals surface area contributed by atoms with Gasteiger partial charge < -0.3 is 9.47 Å². The molecule has 144 valence electrons.